The third kappa shape index (κ3) is 5.05. The van der Waals surface area contributed by atoms with Crippen molar-refractivity contribution in [3.63, 3.8) is 0 Å². The van der Waals surface area contributed by atoms with E-state index in [1.807, 2.05) is 13.8 Å². The van der Waals surface area contributed by atoms with Gasteiger partial charge in [0, 0.05) is 38.0 Å². The Labute approximate surface area is 196 Å². The zero-order valence-corrected chi connectivity index (χ0v) is 19.6. The van der Waals surface area contributed by atoms with E-state index in [0.717, 1.165) is 12.1 Å². The molecule has 1 aliphatic heterocycles. The molecule has 1 unspecified atom stereocenters. The van der Waals surface area contributed by atoms with Gasteiger partial charge in [0.15, 0.2) is 11.5 Å². The first-order valence-electron chi connectivity index (χ1n) is 11.4. The number of fused-ring (bicyclic) bond motifs is 1. The summed E-state index contributed by atoms with van der Waals surface area (Å²) in [5.74, 6) is 0.186. The summed E-state index contributed by atoms with van der Waals surface area (Å²) in [6, 6.07) is 4.69. The van der Waals surface area contributed by atoms with E-state index in [4.69, 9.17) is 9.15 Å². The van der Waals surface area contributed by atoms with E-state index in [9.17, 15) is 22.8 Å². The molecule has 184 valence electrons. The number of Topliss-reactive ketones (excluding diaryl/α,β-unsaturated/α-hetero) is 1. The number of carbonyl (C=O) groups excluding carboxylic acids is 2. The molecule has 1 aromatic heterocycles. The number of rotatable bonds is 5. The van der Waals surface area contributed by atoms with Crippen LogP contribution < -0.4 is 5.32 Å². The Balaban J connectivity index is 1.54. The fourth-order valence-electron chi connectivity index (χ4n) is 4.81. The maximum absolute atomic E-state index is 13.0. The standard InChI is InChI=1S/C25H29F3N2O4/c1-15-21-19(31)12-24(2,3)13-20(21)34-22(15)23(32)29-14-18(30-8-10-33-11-9-30)16-4-6-17(7-5-16)25(26,27)28/h4-7,18H,8-14H2,1-3H3,(H,29,32). The molecule has 0 radical (unpaired) electrons. The van der Waals surface area contributed by atoms with Crippen molar-refractivity contribution in [3.8, 4) is 0 Å². The molecule has 6 nitrogen and oxygen atoms in total. The first-order valence-corrected chi connectivity index (χ1v) is 11.4. The molecule has 34 heavy (non-hydrogen) atoms. The molecule has 9 heteroatoms. The number of benzene rings is 1. The second-order valence-electron chi connectivity index (χ2n) is 9.79. The second-order valence-corrected chi connectivity index (χ2v) is 9.79. The van der Waals surface area contributed by atoms with Crippen LogP contribution in [-0.2, 0) is 17.3 Å². The molecule has 4 rings (SSSR count). The van der Waals surface area contributed by atoms with E-state index in [2.05, 4.69) is 10.2 Å². The van der Waals surface area contributed by atoms with Crippen molar-refractivity contribution in [2.24, 2.45) is 5.41 Å². The molecule has 0 spiro atoms. The van der Waals surface area contributed by atoms with Crippen LogP contribution in [0.3, 0.4) is 0 Å². The number of hydrogen-bond donors (Lipinski definition) is 1. The van der Waals surface area contributed by atoms with Gasteiger partial charge in [-0.25, -0.2) is 0 Å². The first-order chi connectivity index (χ1) is 16.0. The van der Waals surface area contributed by atoms with Crippen LogP contribution in [-0.4, -0.2) is 49.4 Å². The summed E-state index contributed by atoms with van der Waals surface area (Å²) in [5.41, 5.74) is 0.752. The predicted molar refractivity (Wildman–Crippen MR) is 119 cm³/mol. The van der Waals surface area contributed by atoms with Crippen molar-refractivity contribution in [3.05, 3.63) is 58.0 Å². The van der Waals surface area contributed by atoms with Crippen LogP contribution >= 0.6 is 0 Å². The van der Waals surface area contributed by atoms with Gasteiger partial charge < -0.3 is 14.5 Å². The number of morpholine rings is 1. The number of halogens is 3. The molecule has 2 aromatic rings. The van der Waals surface area contributed by atoms with E-state index in [-0.39, 0.29) is 29.5 Å². The van der Waals surface area contributed by atoms with E-state index in [1.165, 1.54) is 12.1 Å². The lowest BCUT2D eigenvalue weighted by Crippen LogP contribution is -2.43. The number of ether oxygens (including phenoxy) is 1. The number of carbonyl (C=O) groups is 2. The molecule has 2 heterocycles. The van der Waals surface area contributed by atoms with Crippen molar-refractivity contribution in [1.29, 1.82) is 0 Å². The Bertz CT molecular complexity index is 1070. The van der Waals surface area contributed by atoms with Gasteiger partial charge in [0.05, 0.1) is 30.4 Å². The molecular weight excluding hydrogens is 449 g/mol. The summed E-state index contributed by atoms with van der Waals surface area (Å²) in [6.07, 6.45) is -3.44. The highest BCUT2D eigenvalue weighted by Gasteiger charge is 2.37. The number of nitrogens with one attached hydrogen (secondary N) is 1. The molecule has 0 bridgehead atoms. The summed E-state index contributed by atoms with van der Waals surface area (Å²) >= 11 is 0. The summed E-state index contributed by atoms with van der Waals surface area (Å²) in [7, 11) is 0. The van der Waals surface area contributed by atoms with Crippen LogP contribution in [0.15, 0.2) is 28.7 Å². The number of nitrogens with zero attached hydrogens (tertiary/aromatic N) is 1. The summed E-state index contributed by atoms with van der Waals surface area (Å²) in [6.45, 7) is 8.07. The first kappa shape index (κ1) is 24.5. The van der Waals surface area contributed by atoms with E-state index < -0.39 is 17.6 Å². The molecule has 1 amide bonds. The number of furan rings is 1. The van der Waals surface area contributed by atoms with Gasteiger partial charge in [-0.2, -0.15) is 13.2 Å². The summed E-state index contributed by atoms with van der Waals surface area (Å²) in [4.78, 5) is 27.8. The van der Waals surface area contributed by atoms with Crippen molar-refractivity contribution in [2.45, 2.75) is 45.8 Å². The van der Waals surface area contributed by atoms with Crippen LogP contribution in [0.2, 0.25) is 0 Å². The monoisotopic (exact) mass is 478 g/mol. The number of ketones is 1. The number of hydrogen-bond acceptors (Lipinski definition) is 5. The highest BCUT2D eigenvalue weighted by atomic mass is 19.4. The largest absolute Gasteiger partial charge is 0.455 e. The number of alkyl halides is 3. The van der Waals surface area contributed by atoms with Gasteiger partial charge in [0.1, 0.15) is 5.76 Å². The Hall–Kier alpha value is -2.65. The lowest BCUT2D eigenvalue weighted by Gasteiger charge is -2.35. The fraction of sp³-hybridized carbons (Fsp3) is 0.520. The highest BCUT2D eigenvalue weighted by molar-refractivity contribution is 6.03. The quantitative estimate of drug-likeness (QED) is 0.682. The van der Waals surface area contributed by atoms with E-state index in [0.29, 0.717) is 61.6 Å². The molecule has 2 aliphatic rings. The lowest BCUT2D eigenvalue weighted by atomic mass is 9.76. The molecule has 1 aromatic carbocycles. The van der Waals surface area contributed by atoms with E-state index >= 15 is 0 Å². The number of amides is 1. The van der Waals surface area contributed by atoms with Gasteiger partial charge in [0.25, 0.3) is 5.91 Å². The molecular formula is C25H29F3N2O4. The second kappa shape index (κ2) is 9.19. The van der Waals surface area contributed by atoms with Crippen LogP contribution in [0, 0.1) is 12.3 Å². The molecule has 1 fully saturated rings. The fourth-order valence-corrected chi connectivity index (χ4v) is 4.81. The van der Waals surface area contributed by atoms with Gasteiger partial charge >= 0.3 is 6.18 Å². The van der Waals surface area contributed by atoms with E-state index in [1.54, 1.807) is 6.92 Å². The van der Waals surface area contributed by atoms with Crippen LogP contribution in [0.4, 0.5) is 13.2 Å². The Kier molecular flexibility index (Phi) is 6.61. The van der Waals surface area contributed by atoms with Gasteiger partial charge in [-0.3, -0.25) is 14.5 Å². The predicted octanol–water partition coefficient (Wildman–Crippen LogP) is 4.57. The van der Waals surface area contributed by atoms with Gasteiger partial charge in [0.2, 0.25) is 0 Å². The maximum Gasteiger partial charge on any atom is 0.416 e. The molecule has 1 saturated heterocycles. The Morgan fingerprint density at radius 3 is 2.41 bits per heavy atom. The normalized spacial score (nSPS) is 19.5. The van der Waals surface area contributed by atoms with Crippen molar-refractivity contribution < 1.29 is 31.9 Å². The molecule has 1 aliphatic carbocycles. The van der Waals surface area contributed by atoms with Crippen LogP contribution in [0.1, 0.15) is 69.7 Å². The smallest absolute Gasteiger partial charge is 0.416 e. The zero-order chi connectivity index (χ0) is 24.7. The minimum atomic E-state index is -4.41. The molecule has 1 N–H and O–H groups in total. The van der Waals surface area contributed by atoms with Crippen molar-refractivity contribution in [1.82, 2.24) is 10.2 Å². The Morgan fingerprint density at radius 1 is 1.15 bits per heavy atom. The minimum Gasteiger partial charge on any atom is -0.455 e. The van der Waals surface area contributed by atoms with Crippen LogP contribution in [0.25, 0.3) is 0 Å². The lowest BCUT2D eigenvalue weighted by molar-refractivity contribution is -0.137. The third-order valence-electron chi connectivity index (χ3n) is 6.55. The van der Waals surface area contributed by atoms with Crippen LogP contribution in [0.5, 0.6) is 0 Å². The minimum absolute atomic E-state index is 0.0255. The average molecular weight is 479 g/mol. The highest BCUT2D eigenvalue weighted by Crippen LogP contribution is 2.38. The molecule has 1 atom stereocenters. The maximum atomic E-state index is 13.0. The van der Waals surface area contributed by atoms with Crippen molar-refractivity contribution in [2.75, 3.05) is 32.8 Å². The topological polar surface area (TPSA) is 71.8 Å². The van der Waals surface area contributed by atoms with Crippen molar-refractivity contribution >= 4 is 11.7 Å². The summed E-state index contributed by atoms with van der Waals surface area (Å²) < 4.78 is 50.3. The van der Waals surface area contributed by atoms with Gasteiger partial charge in [-0.15, -0.1) is 0 Å². The SMILES string of the molecule is Cc1c(C(=O)NCC(c2ccc(C(F)(F)F)cc2)N2CCOCC2)oc2c1C(=O)CC(C)(C)C2. The van der Waals surface area contributed by atoms with Gasteiger partial charge in [-0.1, -0.05) is 26.0 Å². The molecule has 0 saturated carbocycles. The Morgan fingerprint density at radius 2 is 1.79 bits per heavy atom. The summed E-state index contributed by atoms with van der Waals surface area (Å²) in [5, 5.41) is 2.88. The average Bonchev–Trinajstić information content (AvgIpc) is 3.09. The third-order valence-corrected chi connectivity index (χ3v) is 6.55. The van der Waals surface area contributed by atoms with Gasteiger partial charge in [-0.05, 0) is 30.0 Å². The zero-order valence-electron chi connectivity index (χ0n) is 19.6.